The summed E-state index contributed by atoms with van der Waals surface area (Å²) in [6.07, 6.45) is 0. The molecule has 4 aromatic carbocycles. The number of sulfonamides is 1. The monoisotopic (exact) mass is 598 g/mol. The number of aryl methyl sites for hydroxylation is 1. The van der Waals surface area contributed by atoms with Crippen molar-refractivity contribution in [3.05, 3.63) is 102 Å². The third kappa shape index (κ3) is 5.76. The van der Waals surface area contributed by atoms with Gasteiger partial charge in [-0.05, 0) is 74.0 Å². The van der Waals surface area contributed by atoms with Gasteiger partial charge in [0.05, 0.1) is 35.4 Å². The Labute approximate surface area is 251 Å². The van der Waals surface area contributed by atoms with Crippen molar-refractivity contribution in [3.8, 4) is 0 Å². The molecule has 4 aromatic rings. The molecule has 0 saturated heterocycles. The lowest BCUT2D eigenvalue weighted by molar-refractivity contribution is -0.128. The van der Waals surface area contributed by atoms with Crippen molar-refractivity contribution >= 4 is 49.8 Å². The molecule has 0 saturated carbocycles. The van der Waals surface area contributed by atoms with Gasteiger partial charge < -0.3 is 15.5 Å². The molecule has 2 N–H and O–H groups in total. The molecule has 222 valence electrons. The fourth-order valence-electron chi connectivity index (χ4n) is 5.28. The van der Waals surface area contributed by atoms with E-state index in [-0.39, 0.29) is 23.8 Å². The van der Waals surface area contributed by atoms with Gasteiger partial charge in [-0.1, -0.05) is 60.7 Å². The standard InChI is InChI=1S/C33H34N4O5S/c1-21-13-14-25-9-5-6-10-27(25)28(21)19-36-30-11-7-8-12-31(30)37(20-29(33(36)40)35-32(39)22(2)34-4)43(41,42)26-17-15-24(16-18-26)23(3)38/h5-18,22,29,34H,19-20H2,1-4H3,(H,35,39). The highest BCUT2D eigenvalue weighted by Crippen LogP contribution is 2.38. The van der Waals surface area contributed by atoms with Crippen molar-refractivity contribution < 1.29 is 22.8 Å². The zero-order valence-corrected chi connectivity index (χ0v) is 25.3. The summed E-state index contributed by atoms with van der Waals surface area (Å²) in [5.74, 6) is -1.05. The topological polar surface area (TPSA) is 116 Å². The minimum atomic E-state index is -4.22. The number of hydrogen-bond acceptors (Lipinski definition) is 6. The van der Waals surface area contributed by atoms with Gasteiger partial charge in [-0.2, -0.15) is 0 Å². The Kier molecular flexibility index (Phi) is 8.34. The number of hydrogen-bond donors (Lipinski definition) is 2. The van der Waals surface area contributed by atoms with Gasteiger partial charge in [0.25, 0.3) is 15.9 Å². The number of fused-ring (bicyclic) bond motifs is 2. The average Bonchev–Trinajstić information content (AvgIpc) is 3.12. The number of likely N-dealkylation sites (N-methyl/N-ethyl adjacent to an activating group) is 1. The van der Waals surface area contributed by atoms with Gasteiger partial charge in [0.2, 0.25) is 5.91 Å². The minimum absolute atomic E-state index is 0.0354. The molecule has 2 atom stereocenters. The predicted molar refractivity (Wildman–Crippen MR) is 168 cm³/mol. The Bertz CT molecular complexity index is 1820. The fraction of sp³-hybridized carbons (Fsp3) is 0.242. The van der Waals surface area contributed by atoms with Gasteiger partial charge in [0, 0.05) is 5.56 Å². The van der Waals surface area contributed by atoms with E-state index in [1.165, 1.54) is 35.5 Å². The van der Waals surface area contributed by atoms with Gasteiger partial charge in [-0.15, -0.1) is 0 Å². The molecule has 0 aromatic heterocycles. The summed E-state index contributed by atoms with van der Waals surface area (Å²) in [6, 6.07) is 22.7. The van der Waals surface area contributed by atoms with Crippen LogP contribution in [0.2, 0.25) is 0 Å². The summed E-state index contributed by atoms with van der Waals surface area (Å²) in [4.78, 5) is 40.8. The normalized spacial score (nSPS) is 16.0. The Morgan fingerprint density at radius 3 is 2.26 bits per heavy atom. The number of nitrogens with zero attached hydrogens (tertiary/aromatic N) is 2. The second kappa shape index (κ2) is 12.0. The molecule has 1 heterocycles. The van der Waals surface area contributed by atoms with E-state index in [9.17, 15) is 22.8 Å². The number of para-hydroxylation sites is 2. The van der Waals surface area contributed by atoms with Crippen LogP contribution in [0.5, 0.6) is 0 Å². The summed E-state index contributed by atoms with van der Waals surface area (Å²) in [7, 11) is -2.59. The average molecular weight is 599 g/mol. The molecule has 43 heavy (non-hydrogen) atoms. The summed E-state index contributed by atoms with van der Waals surface area (Å²) < 4.78 is 29.6. The second-order valence-electron chi connectivity index (χ2n) is 10.7. The first-order valence-electron chi connectivity index (χ1n) is 14.0. The molecule has 0 radical (unpaired) electrons. The number of carbonyl (C=O) groups excluding carboxylic acids is 3. The highest BCUT2D eigenvalue weighted by atomic mass is 32.2. The lowest BCUT2D eigenvalue weighted by Crippen LogP contribution is -2.55. The van der Waals surface area contributed by atoms with Gasteiger partial charge in [0.15, 0.2) is 5.78 Å². The van der Waals surface area contributed by atoms with Crippen LogP contribution >= 0.6 is 0 Å². The number of carbonyl (C=O) groups is 3. The van der Waals surface area contributed by atoms with Crippen molar-refractivity contribution in [2.24, 2.45) is 0 Å². The number of rotatable bonds is 8. The van der Waals surface area contributed by atoms with E-state index >= 15 is 0 Å². The first-order chi connectivity index (χ1) is 20.5. The summed E-state index contributed by atoms with van der Waals surface area (Å²) in [6.45, 7) is 4.89. The predicted octanol–water partition coefficient (Wildman–Crippen LogP) is 4.19. The summed E-state index contributed by atoms with van der Waals surface area (Å²) in [5.41, 5.74) is 3.00. The van der Waals surface area contributed by atoms with Gasteiger partial charge in [-0.25, -0.2) is 8.42 Å². The van der Waals surface area contributed by atoms with E-state index in [0.717, 1.165) is 21.9 Å². The molecule has 0 aliphatic carbocycles. The number of benzene rings is 4. The van der Waals surface area contributed by atoms with E-state index in [2.05, 4.69) is 10.6 Å². The number of ketones is 1. The lowest BCUT2D eigenvalue weighted by atomic mass is 9.99. The first kappa shape index (κ1) is 29.9. The third-order valence-corrected chi connectivity index (χ3v) is 9.73. The molecule has 2 amide bonds. The van der Waals surface area contributed by atoms with Crippen LogP contribution in [0.3, 0.4) is 0 Å². The molecule has 10 heteroatoms. The Morgan fingerprint density at radius 1 is 0.930 bits per heavy atom. The largest absolute Gasteiger partial charge is 0.341 e. The molecule has 1 aliphatic heterocycles. The van der Waals surface area contributed by atoms with Crippen molar-refractivity contribution in [3.63, 3.8) is 0 Å². The zero-order valence-electron chi connectivity index (χ0n) is 24.5. The van der Waals surface area contributed by atoms with Gasteiger partial charge >= 0.3 is 0 Å². The van der Waals surface area contributed by atoms with Crippen LogP contribution in [0.25, 0.3) is 10.8 Å². The Balaban J connectivity index is 1.66. The quantitative estimate of drug-likeness (QED) is 0.294. The molecular formula is C33H34N4O5S. The van der Waals surface area contributed by atoms with E-state index in [1.54, 1.807) is 43.1 Å². The molecule has 1 aliphatic rings. The molecule has 0 spiro atoms. The Hall–Kier alpha value is -4.54. The van der Waals surface area contributed by atoms with Crippen LogP contribution in [0.1, 0.15) is 35.3 Å². The third-order valence-electron chi connectivity index (χ3n) is 7.94. The number of Topliss-reactive ketones (excluding diaryl/α,β-unsaturated/α-hetero) is 1. The van der Waals surface area contributed by atoms with Gasteiger partial charge in [0.1, 0.15) is 6.04 Å². The Morgan fingerprint density at radius 2 is 1.58 bits per heavy atom. The molecule has 0 bridgehead atoms. The van der Waals surface area contributed by atoms with Crippen LogP contribution in [-0.2, 0) is 26.2 Å². The number of amides is 2. The van der Waals surface area contributed by atoms with Crippen LogP contribution in [0, 0.1) is 6.92 Å². The van der Waals surface area contributed by atoms with Crippen LogP contribution < -0.4 is 19.8 Å². The van der Waals surface area contributed by atoms with Gasteiger partial charge in [-0.3, -0.25) is 18.7 Å². The highest BCUT2D eigenvalue weighted by Gasteiger charge is 2.40. The van der Waals surface area contributed by atoms with Crippen molar-refractivity contribution in [2.75, 3.05) is 22.8 Å². The van der Waals surface area contributed by atoms with Crippen molar-refractivity contribution in [2.45, 2.75) is 44.3 Å². The van der Waals surface area contributed by atoms with Crippen LogP contribution in [-0.4, -0.2) is 51.7 Å². The van der Waals surface area contributed by atoms with Crippen molar-refractivity contribution in [1.82, 2.24) is 10.6 Å². The smallest absolute Gasteiger partial charge is 0.264 e. The summed E-state index contributed by atoms with van der Waals surface area (Å²) in [5, 5.41) is 7.66. The number of anilines is 2. The zero-order chi connectivity index (χ0) is 30.9. The molecule has 5 rings (SSSR count). The van der Waals surface area contributed by atoms with Crippen molar-refractivity contribution in [1.29, 1.82) is 0 Å². The minimum Gasteiger partial charge on any atom is -0.341 e. The maximum atomic E-state index is 14.4. The maximum Gasteiger partial charge on any atom is 0.264 e. The van der Waals surface area contributed by atoms with E-state index in [4.69, 9.17) is 0 Å². The summed E-state index contributed by atoms with van der Waals surface area (Å²) >= 11 is 0. The van der Waals surface area contributed by atoms with E-state index in [1.807, 2.05) is 43.3 Å². The maximum absolute atomic E-state index is 14.4. The molecular weight excluding hydrogens is 564 g/mol. The molecule has 2 unspecified atom stereocenters. The van der Waals surface area contributed by atoms with E-state index in [0.29, 0.717) is 16.9 Å². The SMILES string of the molecule is CNC(C)C(=O)NC1CN(S(=O)(=O)c2ccc(C(C)=O)cc2)c2ccccc2N(Cc2c(C)ccc3ccccc23)C1=O. The molecule has 0 fully saturated rings. The molecule has 9 nitrogen and oxygen atoms in total. The van der Waals surface area contributed by atoms with Crippen LogP contribution in [0.15, 0.2) is 89.8 Å². The highest BCUT2D eigenvalue weighted by molar-refractivity contribution is 7.92. The first-order valence-corrected chi connectivity index (χ1v) is 15.5. The lowest BCUT2D eigenvalue weighted by Gasteiger charge is -2.27. The fourth-order valence-corrected chi connectivity index (χ4v) is 6.77. The van der Waals surface area contributed by atoms with E-state index < -0.39 is 33.9 Å². The second-order valence-corrected chi connectivity index (χ2v) is 12.5. The van der Waals surface area contributed by atoms with Crippen LogP contribution in [0.4, 0.5) is 11.4 Å². The number of nitrogens with one attached hydrogen (secondary N) is 2.